The summed E-state index contributed by atoms with van der Waals surface area (Å²) in [7, 11) is 1.89. The van der Waals surface area contributed by atoms with Gasteiger partial charge in [0.15, 0.2) is 0 Å². The van der Waals surface area contributed by atoms with Crippen LogP contribution in [-0.2, 0) is 38.0 Å². The van der Waals surface area contributed by atoms with E-state index in [2.05, 4.69) is 10.6 Å². The van der Waals surface area contributed by atoms with Gasteiger partial charge >= 0.3 is 0 Å². The van der Waals surface area contributed by atoms with Crippen molar-refractivity contribution in [3.05, 3.63) is 0 Å². The van der Waals surface area contributed by atoms with Crippen LogP contribution < -0.4 is 10.6 Å². The Bertz CT molecular complexity index is 415. The molecule has 10 nitrogen and oxygen atoms in total. The van der Waals surface area contributed by atoms with Gasteiger partial charge in [-0.2, -0.15) is 0 Å². The minimum Gasteiger partial charge on any atom is -0.379 e. The standard InChI is InChI=1S/C21H42N2O8/c1-19(21(25)23-20(2)18-24)4-6-26-8-10-28-12-14-30-16-17-31-15-13-29-11-9-27-7-5-22-3/h18-20,22H,4-17H2,1-3H3,(H,23,25)/t19-,20?/m1/s1. The second-order valence-corrected chi connectivity index (χ2v) is 6.90. The maximum Gasteiger partial charge on any atom is 0.223 e. The summed E-state index contributed by atoms with van der Waals surface area (Å²) in [4.78, 5) is 22.3. The van der Waals surface area contributed by atoms with Crippen molar-refractivity contribution in [2.45, 2.75) is 26.3 Å². The van der Waals surface area contributed by atoms with Crippen LogP contribution in [0.2, 0.25) is 0 Å². The highest BCUT2D eigenvalue weighted by Crippen LogP contribution is 2.02. The quantitative estimate of drug-likeness (QED) is 0.155. The SMILES string of the molecule is CNCCOCCOCCOCCOCCOCCOCC[C@@H](C)C(=O)NC(C)C=O. The minimum absolute atomic E-state index is 0.140. The van der Waals surface area contributed by atoms with E-state index in [1.54, 1.807) is 6.92 Å². The number of ether oxygens (including phenoxy) is 6. The van der Waals surface area contributed by atoms with E-state index in [9.17, 15) is 9.59 Å². The van der Waals surface area contributed by atoms with E-state index in [1.165, 1.54) is 0 Å². The molecule has 0 aliphatic rings. The average Bonchev–Trinajstić information content (AvgIpc) is 2.77. The van der Waals surface area contributed by atoms with E-state index in [0.29, 0.717) is 92.0 Å². The molecule has 2 N–H and O–H groups in total. The largest absolute Gasteiger partial charge is 0.379 e. The molecule has 0 radical (unpaired) electrons. The van der Waals surface area contributed by atoms with Crippen molar-refractivity contribution in [3.8, 4) is 0 Å². The van der Waals surface area contributed by atoms with E-state index in [1.807, 2.05) is 14.0 Å². The fourth-order valence-corrected chi connectivity index (χ4v) is 2.17. The average molecular weight is 451 g/mol. The van der Waals surface area contributed by atoms with Gasteiger partial charge in [-0.15, -0.1) is 0 Å². The third-order valence-corrected chi connectivity index (χ3v) is 4.07. The molecule has 0 bridgehead atoms. The van der Waals surface area contributed by atoms with Gasteiger partial charge in [0.2, 0.25) is 5.91 Å². The molecule has 0 saturated heterocycles. The van der Waals surface area contributed by atoms with Gasteiger partial charge in [0.05, 0.1) is 78.7 Å². The molecular formula is C21H42N2O8. The molecule has 0 aromatic rings. The number of hydrogen-bond donors (Lipinski definition) is 2. The summed E-state index contributed by atoms with van der Waals surface area (Å²) < 4.78 is 32.4. The van der Waals surface area contributed by atoms with Gasteiger partial charge in [-0.3, -0.25) is 4.79 Å². The molecule has 1 amide bonds. The fraction of sp³-hybridized carbons (Fsp3) is 0.905. The Hall–Kier alpha value is -1.14. The molecule has 0 aromatic carbocycles. The number of nitrogens with one attached hydrogen (secondary N) is 2. The molecule has 0 fully saturated rings. The Labute approximate surface area is 186 Å². The normalized spacial score (nSPS) is 13.1. The summed E-state index contributed by atoms with van der Waals surface area (Å²) in [5.74, 6) is -0.341. The van der Waals surface area contributed by atoms with Crippen LogP contribution in [0.3, 0.4) is 0 Å². The van der Waals surface area contributed by atoms with Crippen molar-refractivity contribution in [1.82, 2.24) is 10.6 Å². The molecule has 0 aromatic heterocycles. The number of rotatable bonds is 24. The molecule has 0 aliphatic carbocycles. The van der Waals surface area contributed by atoms with Crippen molar-refractivity contribution >= 4 is 12.2 Å². The van der Waals surface area contributed by atoms with E-state index < -0.39 is 6.04 Å². The molecule has 31 heavy (non-hydrogen) atoms. The number of aldehydes is 1. The van der Waals surface area contributed by atoms with Gasteiger partial charge < -0.3 is 43.8 Å². The molecule has 2 atom stereocenters. The maximum atomic E-state index is 11.8. The molecule has 0 spiro atoms. The molecule has 184 valence electrons. The number of hydrogen-bond acceptors (Lipinski definition) is 9. The molecule has 1 unspecified atom stereocenters. The lowest BCUT2D eigenvalue weighted by Crippen LogP contribution is -2.37. The van der Waals surface area contributed by atoms with E-state index in [0.717, 1.165) is 6.54 Å². The van der Waals surface area contributed by atoms with Gasteiger partial charge in [0.1, 0.15) is 6.29 Å². The lowest BCUT2D eigenvalue weighted by Gasteiger charge is -2.14. The Morgan fingerprint density at radius 2 is 1.10 bits per heavy atom. The lowest BCUT2D eigenvalue weighted by atomic mass is 10.1. The van der Waals surface area contributed by atoms with Crippen LogP contribution in [0.15, 0.2) is 0 Å². The van der Waals surface area contributed by atoms with Gasteiger partial charge in [-0.1, -0.05) is 6.92 Å². The van der Waals surface area contributed by atoms with Crippen LogP contribution >= 0.6 is 0 Å². The molecule has 10 heteroatoms. The summed E-state index contributed by atoms with van der Waals surface area (Å²) in [6, 6.07) is -0.462. The monoisotopic (exact) mass is 450 g/mol. The maximum absolute atomic E-state index is 11.8. The first-order chi connectivity index (χ1) is 15.1. The topological polar surface area (TPSA) is 114 Å². The molecular weight excluding hydrogens is 408 g/mol. The van der Waals surface area contributed by atoms with E-state index in [4.69, 9.17) is 28.4 Å². The zero-order chi connectivity index (χ0) is 23.0. The summed E-state index contributed by atoms with van der Waals surface area (Å²) in [5.41, 5.74) is 0. The van der Waals surface area contributed by atoms with Gasteiger partial charge in [0, 0.05) is 19.1 Å². The Morgan fingerprint density at radius 3 is 1.48 bits per heavy atom. The van der Waals surface area contributed by atoms with Crippen LogP contribution in [0.1, 0.15) is 20.3 Å². The third kappa shape index (κ3) is 21.9. The van der Waals surface area contributed by atoms with Crippen LogP contribution in [0, 0.1) is 5.92 Å². The highest BCUT2D eigenvalue weighted by molar-refractivity contribution is 5.81. The smallest absolute Gasteiger partial charge is 0.223 e. The molecule has 0 saturated carbocycles. The van der Waals surface area contributed by atoms with Crippen LogP contribution in [0.5, 0.6) is 0 Å². The predicted octanol–water partition coefficient (Wildman–Crippen LogP) is 0.0352. The van der Waals surface area contributed by atoms with Crippen LogP contribution in [0.4, 0.5) is 0 Å². The number of carbonyl (C=O) groups excluding carboxylic acids is 2. The summed E-state index contributed by atoms with van der Waals surface area (Å²) in [6.45, 7) is 10.6. The zero-order valence-corrected chi connectivity index (χ0v) is 19.4. The van der Waals surface area contributed by atoms with Crippen molar-refractivity contribution in [1.29, 1.82) is 0 Å². The van der Waals surface area contributed by atoms with E-state index in [-0.39, 0.29) is 11.8 Å². The highest BCUT2D eigenvalue weighted by atomic mass is 16.6. The number of likely N-dealkylation sites (N-methyl/N-ethyl adjacent to an activating group) is 1. The Morgan fingerprint density at radius 1 is 0.710 bits per heavy atom. The predicted molar refractivity (Wildman–Crippen MR) is 116 cm³/mol. The second kappa shape index (κ2) is 23.5. The molecule has 0 heterocycles. The summed E-state index contributed by atoms with van der Waals surface area (Å²) in [6.07, 6.45) is 1.30. The van der Waals surface area contributed by atoms with Crippen molar-refractivity contribution in [2.75, 3.05) is 92.9 Å². The van der Waals surface area contributed by atoms with Gasteiger partial charge in [-0.05, 0) is 20.4 Å². The van der Waals surface area contributed by atoms with Gasteiger partial charge in [0.25, 0.3) is 0 Å². The number of amides is 1. The fourth-order valence-electron chi connectivity index (χ4n) is 2.17. The molecule has 0 rings (SSSR count). The first-order valence-electron chi connectivity index (χ1n) is 11.0. The molecule has 0 aliphatic heterocycles. The van der Waals surface area contributed by atoms with Crippen molar-refractivity contribution < 1.29 is 38.0 Å². The van der Waals surface area contributed by atoms with E-state index >= 15 is 0 Å². The minimum atomic E-state index is -0.462. The van der Waals surface area contributed by atoms with Crippen LogP contribution in [0.25, 0.3) is 0 Å². The summed E-state index contributed by atoms with van der Waals surface area (Å²) in [5, 5.41) is 5.63. The first-order valence-corrected chi connectivity index (χ1v) is 11.0. The zero-order valence-electron chi connectivity index (χ0n) is 19.4. The lowest BCUT2D eigenvalue weighted by molar-refractivity contribution is -0.127. The third-order valence-electron chi connectivity index (χ3n) is 4.07. The highest BCUT2D eigenvalue weighted by Gasteiger charge is 2.14. The Kier molecular flexibility index (Phi) is 22.7. The van der Waals surface area contributed by atoms with Crippen molar-refractivity contribution in [3.63, 3.8) is 0 Å². The second-order valence-electron chi connectivity index (χ2n) is 6.90. The Balaban J connectivity index is 3.20. The first kappa shape index (κ1) is 29.9. The van der Waals surface area contributed by atoms with Gasteiger partial charge in [-0.25, -0.2) is 0 Å². The number of carbonyl (C=O) groups is 2. The van der Waals surface area contributed by atoms with Crippen LogP contribution in [-0.4, -0.2) is 111 Å². The van der Waals surface area contributed by atoms with Crippen molar-refractivity contribution in [2.24, 2.45) is 5.92 Å². The summed E-state index contributed by atoms with van der Waals surface area (Å²) >= 11 is 0.